The summed E-state index contributed by atoms with van der Waals surface area (Å²) in [6.45, 7) is 6.80. The molecule has 0 unspecified atom stereocenters. The number of alkyl carbamates (subject to hydrolysis) is 1. The molecule has 0 saturated carbocycles. The van der Waals surface area contributed by atoms with Gasteiger partial charge in [-0.15, -0.1) is 0 Å². The lowest BCUT2D eigenvalue weighted by Crippen LogP contribution is -2.38. The summed E-state index contributed by atoms with van der Waals surface area (Å²) in [5, 5.41) is 2.49. The van der Waals surface area contributed by atoms with Crippen LogP contribution in [0.15, 0.2) is 36.7 Å². The van der Waals surface area contributed by atoms with Crippen molar-refractivity contribution in [1.82, 2.24) is 15.3 Å². The van der Waals surface area contributed by atoms with Crippen LogP contribution in [0.25, 0.3) is 21.9 Å². The van der Waals surface area contributed by atoms with Gasteiger partial charge in [0.2, 0.25) is 5.88 Å². The first-order chi connectivity index (χ1) is 14.0. The van der Waals surface area contributed by atoms with E-state index in [9.17, 15) is 9.59 Å². The Kier molecular flexibility index (Phi) is 6.20. The first-order valence-electron chi connectivity index (χ1n) is 8.97. The summed E-state index contributed by atoms with van der Waals surface area (Å²) in [6, 6.07) is 6.88. The largest absolute Gasteiger partial charge is 0.443 e. The van der Waals surface area contributed by atoms with Gasteiger partial charge in [-0.05, 0) is 56.4 Å². The Bertz CT molecular complexity index is 1130. The molecule has 7 nitrogen and oxygen atoms in total. The number of carbonyl (C=O) groups excluding carboxylic acids is 2. The summed E-state index contributed by atoms with van der Waals surface area (Å²) in [6.07, 6.45) is 0.914. The van der Waals surface area contributed by atoms with Crippen molar-refractivity contribution >= 4 is 45.5 Å². The quantitative estimate of drug-likeness (QED) is 0.455. The first-order valence-corrected chi connectivity index (χ1v) is 10.0. The van der Waals surface area contributed by atoms with Gasteiger partial charge in [-0.3, -0.25) is 4.98 Å². The minimum atomic E-state index is -1.12. The number of aryl methyl sites for hydroxylation is 1. The SMILES string of the molecule is Cc1ccc(-c2ccc3c(I)cnc(OC(=O)NC(=O)OC(C)(C)C)c3c2F)cn1. The molecule has 9 heteroatoms. The Hall–Kier alpha value is -2.82. The molecular formula is C21H19FIN3O4. The van der Waals surface area contributed by atoms with E-state index in [1.807, 2.05) is 34.8 Å². The van der Waals surface area contributed by atoms with Crippen molar-refractivity contribution in [2.75, 3.05) is 0 Å². The van der Waals surface area contributed by atoms with Crippen LogP contribution in [0.2, 0.25) is 0 Å². The molecule has 0 bridgehead atoms. The Morgan fingerprint density at radius 3 is 2.43 bits per heavy atom. The number of benzene rings is 1. The second-order valence-electron chi connectivity index (χ2n) is 7.47. The predicted molar refractivity (Wildman–Crippen MR) is 118 cm³/mol. The van der Waals surface area contributed by atoms with Gasteiger partial charge in [-0.2, -0.15) is 0 Å². The number of imide groups is 1. The lowest BCUT2D eigenvalue weighted by molar-refractivity contribution is 0.0533. The molecule has 0 atom stereocenters. The molecule has 156 valence electrons. The smallest absolute Gasteiger partial charge is 0.423 e. The predicted octanol–water partition coefficient (Wildman–Crippen LogP) is 5.37. The molecule has 1 aromatic carbocycles. The molecule has 3 rings (SSSR count). The van der Waals surface area contributed by atoms with E-state index in [-0.39, 0.29) is 16.8 Å². The van der Waals surface area contributed by atoms with E-state index in [1.165, 1.54) is 6.20 Å². The fraction of sp³-hybridized carbons (Fsp3) is 0.238. The molecular weight excluding hydrogens is 504 g/mol. The maximum absolute atomic E-state index is 15.5. The lowest BCUT2D eigenvalue weighted by Gasteiger charge is -2.19. The summed E-state index contributed by atoms with van der Waals surface area (Å²) in [7, 11) is 0. The maximum atomic E-state index is 15.5. The molecule has 3 aromatic rings. The maximum Gasteiger partial charge on any atom is 0.423 e. The Morgan fingerprint density at radius 2 is 1.80 bits per heavy atom. The van der Waals surface area contributed by atoms with E-state index in [0.717, 1.165) is 5.69 Å². The topological polar surface area (TPSA) is 90.4 Å². The summed E-state index contributed by atoms with van der Waals surface area (Å²) in [5.74, 6) is -0.866. The molecule has 2 heterocycles. The monoisotopic (exact) mass is 523 g/mol. The van der Waals surface area contributed by atoms with Crippen LogP contribution in [0, 0.1) is 16.3 Å². The number of fused-ring (bicyclic) bond motifs is 1. The first kappa shape index (κ1) is 21.9. The van der Waals surface area contributed by atoms with Gasteiger partial charge < -0.3 is 9.47 Å². The van der Waals surface area contributed by atoms with Gasteiger partial charge in [-0.1, -0.05) is 18.2 Å². The third kappa shape index (κ3) is 5.02. The second kappa shape index (κ2) is 8.50. The van der Waals surface area contributed by atoms with Gasteiger partial charge in [-0.25, -0.2) is 24.3 Å². The molecule has 0 radical (unpaired) electrons. The van der Waals surface area contributed by atoms with Crippen LogP contribution >= 0.6 is 22.6 Å². The number of ether oxygens (including phenoxy) is 2. The zero-order valence-electron chi connectivity index (χ0n) is 16.7. The van der Waals surface area contributed by atoms with Crippen molar-refractivity contribution in [1.29, 1.82) is 0 Å². The summed E-state index contributed by atoms with van der Waals surface area (Å²) in [4.78, 5) is 32.1. The fourth-order valence-electron chi connectivity index (χ4n) is 2.66. The lowest BCUT2D eigenvalue weighted by atomic mass is 10.0. The zero-order valence-corrected chi connectivity index (χ0v) is 18.9. The van der Waals surface area contributed by atoms with Gasteiger partial charge >= 0.3 is 12.2 Å². The number of hydrogen-bond donors (Lipinski definition) is 1. The van der Waals surface area contributed by atoms with E-state index < -0.39 is 23.6 Å². The van der Waals surface area contributed by atoms with Gasteiger partial charge in [0, 0.05) is 38.2 Å². The van der Waals surface area contributed by atoms with Crippen molar-refractivity contribution in [3.63, 3.8) is 0 Å². The Morgan fingerprint density at radius 1 is 1.07 bits per heavy atom. The van der Waals surface area contributed by atoms with Crippen LogP contribution in [0.1, 0.15) is 26.5 Å². The third-order valence-corrected chi connectivity index (χ3v) is 4.78. The highest BCUT2D eigenvalue weighted by Crippen LogP contribution is 2.35. The van der Waals surface area contributed by atoms with Crippen molar-refractivity contribution < 1.29 is 23.5 Å². The summed E-state index contributed by atoms with van der Waals surface area (Å²) < 4.78 is 26.3. The average molecular weight is 523 g/mol. The van der Waals surface area contributed by atoms with E-state index in [4.69, 9.17) is 9.47 Å². The van der Waals surface area contributed by atoms with Crippen molar-refractivity contribution in [3.05, 3.63) is 51.7 Å². The molecule has 2 amide bonds. The standard InChI is InChI=1S/C21H19FIN3O4/c1-11-5-6-12(9-24-11)13-7-8-14-15(23)10-25-18(16(14)17(13)22)29-19(27)26-20(28)30-21(2,3)4/h5-10H,1-4H3,(H,26,27,28). The second-order valence-corrected chi connectivity index (χ2v) is 8.63. The number of hydrogen-bond acceptors (Lipinski definition) is 6. The molecule has 0 aliphatic carbocycles. The Balaban J connectivity index is 1.98. The minimum Gasteiger partial charge on any atom is -0.443 e. The van der Waals surface area contributed by atoms with Gasteiger partial charge in [0.05, 0.1) is 5.39 Å². The van der Waals surface area contributed by atoms with Gasteiger partial charge in [0.25, 0.3) is 0 Å². The number of halogens is 2. The van der Waals surface area contributed by atoms with Gasteiger partial charge in [0.15, 0.2) is 0 Å². The van der Waals surface area contributed by atoms with Crippen LogP contribution in [0.5, 0.6) is 5.88 Å². The summed E-state index contributed by atoms with van der Waals surface area (Å²) >= 11 is 2.02. The van der Waals surface area contributed by atoms with E-state index >= 15 is 4.39 Å². The molecule has 0 saturated heterocycles. The molecule has 0 spiro atoms. The highest BCUT2D eigenvalue weighted by molar-refractivity contribution is 14.1. The number of amides is 2. The highest BCUT2D eigenvalue weighted by atomic mass is 127. The number of aromatic nitrogens is 2. The fourth-order valence-corrected chi connectivity index (χ4v) is 3.25. The van der Waals surface area contributed by atoms with Crippen LogP contribution in [-0.2, 0) is 4.74 Å². The highest BCUT2D eigenvalue weighted by Gasteiger charge is 2.22. The number of pyridine rings is 2. The van der Waals surface area contributed by atoms with E-state index in [1.54, 1.807) is 51.2 Å². The average Bonchev–Trinajstić information content (AvgIpc) is 2.63. The number of carbonyl (C=O) groups is 2. The van der Waals surface area contributed by atoms with Gasteiger partial charge in [0.1, 0.15) is 11.4 Å². The molecule has 1 N–H and O–H groups in total. The third-order valence-electron chi connectivity index (χ3n) is 3.92. The molecule has 30 heavy (non-hydrogen) atoms. The molecule has 0 aliphatic rings. The van der Waals surface area contributed by atoms with E-state index in [2.05, 4.69) is 9.97 Å². The normalized spacial score (nSPS) is 11.3. The molecule has 0 fully saturated rings. The van der Waals surface area contributed by atoms with Crippen LogP contribution in [0.3, 0.4) is 0 Å². The number of nitrogens with one attached hydrogen (secondary N) is 1. The number of nitrogens with zero attached hydrogens (tertiary/aromatic N) is 2. The zero-order chi connectivity index (χ0) is 22.1. The molecule has 0 aliphatic heterocycles. The van der Waals surface area contributed by atoms with Crippen molar-refractivity contribution in [2.45, 2.75) is 33.3 Å². The number of rotatable bonds is 2. The van der Waals surface area contributed by atoms with Crippen LogP contribution in [-0.4, -0.2) is 27.8 Å². The molecule has 2 aromatic heterocycles. The van der Waals surface area contributed by atoms with Crippen molar-refractivity contribution in [2.24, 2.45) is 0 Å². The minimum absolute atomic E-state index is 0.0271. The van der Waals surface area contributed by atoms with E-state index in [0.29, 0.717) is 14.5 Å². The van der Waals surface area contributed by atoms with Crippen LogP contribution < -0.4 is 10.1 Å². The Labute approximate surface area is 186 Å². The summed E-state index contributed by atoms with van der Waals surface area (Å²) in [5.41, 5.74) is 0.875. The van der Waals surface area contributed by atoms with Crippen LogP contribution in [0.4, 0.5) is 14.0 Å². The van der Waals surface area contributed by atoms with Crippen molar-refractivity contribution in [3.8, 4) is 17.0 Å².